The maximum atomic E-state index is 9.51. The standard InChI is InChI=1S/C21H25N3O2/c1-24-11-9-17(10-12-24)26-20(16-6-4-5-15(13-16)14-25)21-22-18-7-2-3-8-19(18)23-21/h2-8,13,17,20,25H,9-12,14H2,1H3,(H,22,23). The second-order valence-electron chi connectivity index (χ2n) is 7.06. The van der Waals surface area contributed by atoms with Crippen molar-refractivity contribution in [1.82, 2.24) is 14.9 Å². The molecule has 4 rings (SSSR count). The Morgan fingerprint density at radius 2 is 2.00 bits per heavy atom. The summed E-state index contributed by atoms with van der Waals surface area (Å²) < 4.78 is 6.54. The van der Waals surface area contributed by atoms with Crippen LogP contribution in [0.3, 0.4) is 0 Å². The van der Waals surface area contributed by atoms with E-state index in [-0.39, 0.29) is 18.8 Å². The van der Waals surface area contributed by atoms with E-state index < -0.39 is 0 Å². The summed E-state index contributed by atoms with van der Waals surface area (Å²) in [6.45, 7) is 2.12. The zero-order valence-electron chi connectivity index (χ0n) is 15.1. The van der Waals surface area contributed by atoms with E-state index in [2.05, 4.69) is 16.9 Å². The summed E-state index contributed by atoms with van der Waals surface area (Å²) in [5.41, 5.74) is 3.86. The lowest BCUT2D eigenvalue weighted by Crippen LogP contribution is -2.35. The fourth-order valence-electron chi connectivity index (χ4n) is 3.57. The van der Waals surface area contributed by atoms with Crippen LogP contribution in [-0.2, 0) is 11.3 Å². The second-order valence-corrected chi connectivity index (χ2v) is 7.06. The molecule has 5 heteroatoms. The van der Waals surface area contributed by atoms with Gasteiger partial charge in [-0.2, -0.15) is 0 Å². The molecule has 0 saturated carbocycles. The third-order valence-corrected chi connectivity index (χ3v) is 5.09. The Hall–Kier alpha value is -2.21. The number of aromatic amines is 1. The molecule has 2 aromatic carbocycles. The maximum absolute atomic E-state index is 9.51. The number of aliphatic hydroxyl groups is 1. The highest BCUT2D eigenvalue weighted by molar-refractivity contribution is 5.74. The van der Waals surface area contributed by atoms with E-state index in [4.69, 9.17) is 9.72 Å². The summed E-state index contributed by atoms with van der Waals surface area (Å²) in [6.07, 6.45) is 1.99. The van der Waals surface area contributed by atoms with Gasteiger partial charge >= 0.3 is 0 Å². The average Bonchev–Trinajstić information content (AvgIpc) is 3.11. The summed E-state index contributed by atoms with van der Waals surface area (Å²) in [4.78, 5) is 10.5. The number of aromatic nitrogens is 2. The van der Waals surface area contributed by atoms with Crippen molar-refractivity contribution >= 4 is 11.0 Å². The molecule has 136 valence electrons. The molecular weight excluding hydrogens is 326 g/mol. The lowest BCUT2D eigenvalue weighted by molar-refractivity contribution is -0.0264. The molecule has 2 heterocycles. The van der Waals surface area contributed by atoms with Gasteiger partial charge < -0.3 is 19.7 Å². The quantitative estimate of drug-likeness (QED) is 0.741. The fourth-order valence-corrected chi connectivity index (χ4v) is 3.57. The van der Waals surface area contributed by atoms with Crippen LogP contribution in [0, 0.1) is 0 Å². The number of nitrogens with zero attached hydrogens (tertiary/aromatic N) is 2. The molecule has 1 aliphatic heterocycles. The normalized spacial score (nSPS) is 17.6. The molecule has 5 nitrogen and oxygen atoms in total. The number of benzene rings is 2. The van der Waals surface area contributed by atoms with Gasteiger partial charge in [-0.3, -0.25) is 0 Å². The van der Waals surface area contributed by atoms with Crippen molar-refractivity contribution < 1.29 is 9.84 Å². The van der Waals surface area contributed by atoms with Crippen molar-refractivity contribution in [1.29, 1.82) is 0 Å². The molecule has 0 amide bonds. The summed E-state index contributed by atoms with van der Waals surface area (Å²) in [5, 5.41) is 9.51. The van der Waals surface area contributed by atoms with Crippen molar-refractivity contribution in [2.24, 2.45) is 0 Å². The van der Waals surface area contributed by atoms with Crippen LogP contribution in [0.5, 0.6) is 0 Å². The number of ether oxygens (including phenoxy) is 1. The van der Waals surface area contributed by atoms with E-state index in [0.717, 1.165) is 53.9 Å². The van der Waals surface area contributed by atoms with Crippen molar-refractivity contribution in [3.8, 4) is 0 Å². The molecule has 1 fully saturated rings. The van der Waals surface area contributed by atoms with Gasteiger partial charge in [-0.05, 0) is 43.1 Å². The molecule has 0 bridgehead atoms. The first kappa shape index (κ1) is 17.2. The van der Waals surface area contributed by atoms with Crippen molar-refractivity contribution in [2.45, 2.75) is 31.7 Å². The van der Waals surface area contributed by atoms with Crippen LogP contribution in [0.2, 0.25) is 0 Å². The van der Waals surface area contributed by atoms with Crippen LogP contribution in [-0.4, -0.2) is 46.2 Å². The highest BCUT2D eigenvalue weighted by Gasteiger charge is 2.26. The number of likely N-dealkylation sites (tertiary alicyclic amines) is 1. The number of hydrogen-bond acceptors (Lipinski definition) is 4. The highest BCUT2D eigenvalue weighted by atomic mass is 16.5. The van der Waals surface area contributed by atoms with Crippen LogP contribution in [0.1, 0.15) is 35.9 Å². The van der Waals surface area contributed by atoms with Gasteiger partial charge in [0.1, 0.15) is 11.9 Å². The van der Waals surface area contributed by atoms with Gasteiger partial charge in [0.2, 0.25) is 0 Å². The molecule has 1 aliphatic rings. The maximum Gasteiger partial charge on any atom is 0.141 e. The van der Waals surface area contributed by atoms with E-state index in [1.54, 1.807) is 0 Å². The summed E-state index contributed by atoms with van der Waals surface area (Å²) >= 11 is 0. The molecule has 1 aromatic heterocycles. The minimum absolute atomic E-state index is 0.0227. The number of imidazole rings is 1. The Bertz CT molecular complexity index is 835. The number of hydrogen-bond donors (Lipinski definition) is 2. The molecule has 1 atom stereocenters. The third-order valence-electron chi connectivity index (χ3n) is 5.09. The molecule has 1 saturated heterocycles. The van der Waals surface area contributed by atoms with E-state index in [9.17, 15) is 5.11 Å². The van der Waals surface area contributed by atoms with E-state index in [0.29, 0.717) is 0 Å². The lowest BCUT2D eigenvalue weighted by atomic mass is 10.0. The summed E-state index contributed by atoms with van der Waals surface area (Å²) in [5.74, 6) is 0.820. The van der Waals surface area contributed by atoms with Crippen molar-refractivity contribution in [3.63, 3.8) is 0 Å². The highest BCUT2D eigenvalue weighted by Crippen LogP contribution is 2.30. The monoisotopic (exact) mass is 351 g/mol. The molecule has 2 N–H and O–H groups in total. The molecule has 0 spiro atoms. The Kier molecular flexibility index (Phi) is 5.02. The van der Waals surface area contributed by atoms with E-state index in [1.165, 1.54) is 0 Å². The number of aliphatic hydroxyl groups excluding tert-OH is 1. The van der Waals surface area contributed by atoms with Gasteiger partial charge in [-0.15, -0.1) is 0 Å². The molecule has 0 aliphatic carbocycles. The number of nitrogens with one attached hydrogen (secondary N) is 1. The third kappa shape index (κ3) is 3.65. The predicted molar refractivity (Wildman–Crippen MR) is 102 cm³/mol. The van der Waals surface area contributed by atoms with Crippen LogP contribution in [0.25, 0.3) is 11.0 Å². The fraction of sp³-hybridized carbons (Fsp3) is 0.381. The molecule has 3 aromatic rings. The SMILES string of the molecule is CN1CCC(OC(c2cccc(CO)c2)c2nc3ccccc3[nH]2)CC1. The van der Waals surface area contributed by atoms with Crippen LogP contribution >= 0.6 is 0 Å². The topological polar surface area (TPSA) is 61.4 Å². The zero-order chi connectivity index (χ0) is 17.9. The van der Waals surface area contributed by atoms with E-state index in [1.807, 2.05) is 48.5 Å². The number of para-hydroxylation sites is 2. The second kappa shape index (κ2) is 7.58. The first-order valence-corrected chi connectivity index (χ1v) is 9.21. The smallest absolute Gasteiger partial charge is 0.141 e. The number of rotatable bonds is 5. The van der Waals surface area contributed by atoms with Gasteiger partial charge in [-0.25, -0.2) is 4.98 Å². The first-order valence-electron chi connectivity index (χ1n) is 9.21. The van der Waals surface area contributed by atoms with Gasteiger partial charge in [0, 0.05) is 13.1 Å². The molecule has 1 unspecified atom stereocenters. The first-order chi connectivity index (χ1) is 12.7. The Morgan fingerprint density at radius 3 is 2.77 bits per heavy atom. The Morgan fingerprint density at radius 1 is 1.19 bits per heavy atom. The van der Waals surface area contributed by atoms with Gasteiger partial charge in [-0.1, -0.05) is 36.4 Å². The van der Waals surface area contributed by atoms with Crippen LogP contribution < -0.4 is 0 Å². The summed E-state index contributed by atoms with van der Waals surface area (Å²) in [7, 11) is 2.15. The van der Waals surface area contributed by atoms with Gasteiger partial charge in [0.15, 0.2) is 0 Å². The number of H-pyrrole nitrogens is 1. The van der Waals surface area contributed by atoms with Crippen molar-refractivity contribution in [3.05, 3.63) is 65.5 Å². The number of piperidine rings is 1. The Labute approximate surface area is 153 Å². The van der Waals surface area contributed by atoms with Gasteiger partial charge in [0.05, 0.1) is 23.7 Å². The molecule has 26 heavy (non-hydrogen) atoms. The minimum atomic E-state index is -0.262. The number of fused-ring (bicyclic) bond motifs is 1. The lowest BCUT2D eigenvalue weighted by Gasteiger charge is -2.31. The zero-order valence-corrected chi connectivity index (χ0v) is 15.1. The van der Waals surface area contributed by atoms with Gasteiger partial charge in [0.25, 0.3) is 0 Å². The van der Waals surface area contributed by atoms with E-state index >= 15 is 0 Å². The summed E-state index contributed by atoms with van der Waals surface area (Å²) in [6, 6.07) is 16.0. The van der Waals surface area contributed by atoms with Crippen LogP contribution in [0.4, 0.5) is 0 Å². The molecular formula is C21H25N3O2. The largest absolute Gasteiger partial charge is 0.392 e. The van der Waals surface area contributed by atoms with Crippen LogP contribution in [0.15, 0.2) is 48.5 Å². The minimum Gasteiger partial charge on any atom is -0.392 e. The average molecular weight is 351 g/mol. The molecule has 0 radical (unpaired) electrons. The predicted octanol–water partition coefficient (Wildman–Crippen LogP) is 3.26. The Balaban J connectivity index is 1.68. The van der Waals surface area contributed by atoms with Crippen molar-refractivity contribution in [2.75, 3.05) is 20.1 Å².